The van der Waals surface area contributed by atoms with Crippen molar-refractivity contribution in [2.24, 2.45) is 0 Å². The Bertz CT molecular complexity index is 1010. The number of allylic oxidation sites excluding steroid dienone is 10. The van der Waals surface area contributed by atoms with Crippen LogP contribution >= 0.6 is 0 Å². The van der Waals surface area contributed by atoms with Crippen molar-refractivity contribution in [2.75, 3.05) is 32.8 Å². The molecule has 194 valence electrons. The fourth-order valence-corrected chi connectivity index (χ4v) is 5.05. The number of aliphatic hydroxyl groups excluding tert-OH is 1. The Kier molecular flexibility index (Phi) is 10.8. The van der Waals surface area contributed by atoms with Gasteiger partial charge in [-0.05, 0) is 92.5 Å². The molecule has 4 nitrogen and oxygen atoms in total. The Morgan fingerprint density at radius 1 is 1.06 bits per heavy atom. The Morgan fingerprint density at radius 3 is 2.31 bits per heavy atom. The minimum Gasteiger partial charge on any atom is -0.508 e. The number of nitrogens with zero attached hydrogens (tertiary/aromatic N) is 2. The van der Waals surface area contributed by atoms with E-state index in [0.29, 0.717) is 6.42 Å². The summed E-state index contributed by atoms with van der Waals surface area (Å²) in [6.07, 6.45) is 18.2. The highest BCUT2D eigenvalue weighted by Gasteiger charge is 2.28. The molecule has 1 aromatic carbocycles. The van der Waals surface area contributed by atoms with Gasteiger partial charge in [-0.1, -0.05) is 55.5 Å². The first-order chi connectivity index (χ1) is 17.5. The smallest absolute Gasteiger partial charge is 0.115 e. The maximum Gasteiger partial charge on any atom is 0.115 e. The SMILES string of the molecule is C=C(/C=C\C(=C/C)N1CCN(C2CCC2)CC1)\C(=C(CCCO)/C(C)=C/C=C\C)c1ccc(O)cc1. The summed E-state index contributed by atoms with van der Waals surface area (Å²) in [7, 11) is 0. The van der Waals surface area contributed by atoms with Crippen LogP contribution in [0.4, 0.5) is 0 Å². The van der Waals surface area contributed by atoms with Gasteiger partial charge in [0.15, 0.2) is 0 Å². The summed E-state index contributed by atoms with van der Waals surface area (Å²) in [5.74, 6) is 0.245. The molecule has 0 unspecified atom stereocenters. The quantitative estimate of drug-likeness (QED) is 0.343. The van der Waals surface area contributed by atoms with E-state index in [1.54, 1.807) is 12.1 Å². The highest BCUT2D eigenvalue weighted by atomic mass is 16.3. The van der Waals surface area contributed by atoms with Gasteiger partial charge in [0.2, 0.25) is 0 Å². The van der Waals surface area contributed by atoms with Gasteiger partial charge < -0.3 is 15.1 Å². The molecule has 0 radical (unpaired) electrons. The highest BCUT2D eigenvalue weighted by molar-refractivity contribution is 5.86. The molecule has 1 aromatic rings. The normalized spacial score (nSPS) is 19.2. The minimum absolute atomic E-state index is 0.140. The van der Waals surface area contributed by atoms with Crippen LogP contribution in [0.1, 0.15) is 58.4 Å². The second-order valence-corrected chi connectivity index (χ2v) is 9.78. The molecule has 0 aromatic heterocycles. The Balaban J connectivity index is 1.88. The Labute approximate surface area is 218 Å². The fourth-order valence-electron chi connectivity index (χ4n) is 5.05. The van der Waals surface area contributed by atoms with Crippen LogP contribution in [0.2, 0.25) is 0 Å². The third-order valence-corrected chi connectivity index (χ3v) is 7.40. The lowest BCUT2D eigenvalue weighted by Crippen LogP contribution is -2.51. The van der Waals surface area contributed by atoms with Crippen molar-refractivity contribution in [2.45, 2.75) is 58.9 Å². The molecule has 0 bridgehead atoms. The summed E-state index contributed by atoms with van der Waals surface area (Å²) in [6, 6.07) is 8.15. The van der Waals surface area contributed by atoms with Crippen LogP contribution in [-0.2, 0) is 0 Å². The van der Waals surface area contributed by atoms with Gasteiger partial charge >= 0.3 is 0 Å². The molecule has 1 heterocycles. The van der Waals surface area contributed by atoms with Crippen LogP contribution in [0.15, 0.2) is 89.7 Å². The zero-order valence-electron chi connectivity index (χ0n) is 22.4. The maximum atomic E-state index is 9.88. The average Bonchev–Trinajstić information content (AvgIpc) is 2.86. The predicted molar refractivity (Wildman–Crippen MR) is 153 cm³/mol. The van der Waals surface area contributed by atoms with Crippen molar-refractivity contribution in [3.05, 3.63) is 95.3 Å². The Hall–Kier alpha value is -2.82. The zero-order valence-corrected chi connectivity index (χ0v) is 22.4. The lowest BCUT2D eigenvalue weighted by molar-refractivity contribution is 0.0759. The van der Waals surface area contributed by atoms with E-state index in [4.69, 9.17) is 0 Å². The van der Waals surface area contributed by atoms with Gasteiger partial charge in [-0.15, -0.1) is 0 Å². The molecule has 1 saturated carbocycles. The number of phenolic OH excluding ortho intramolecular Hbond substituents is 1. The lowest BCUT2D eigenvalue weighted by Gasteiger charge is -2.43. The van der Waals surface area contributed by atoms with Crippen molar-refractivity contribution in [1.82, 2.24) is 9.80 Å². The van der Waals surface area contributed by atoms with E-state index in [0.717, 1.165) is 60.9 Å². The molecule has 36 heavy (non-hydrogen) atoms. The summed E-state index contributed by atoms with van der Waals surface area (Å²) >= 11 is 0. The second-order valence-electron chi connectivity index (χ2n) is 9.78. The molecule has 1 aliphatic carbocycles. The fraction of sp³-hybridized carbons (Fsp3) is 0.438. The number of aliphatic hydroxyl groups is 1. The molecule has 3 rings (SSSR count). The van der Waals surface area contributed by atoms with Crippen molar-refractivity contribution >= 4 is 5.57 Å². The number of aromatic hydroxyl groups is 1. The first-order valence-electron chi connectivity index (χ1n) is 13.4. The monoisotopic (exact) mass is 488 g/mol. The van der Waals surface area contributed by atoms with Crippen molar-refractivity contribution in [1.29, 1.82) is 0 Å². The van der Waals surface area contributed by atoms with Gasteiger partial charge in [0.05, 0.1) is 0 Å². The summed E-state index contributed by atoms with van der Waals surface area (Å²) in [5, 5.41) is 19.5. The van der Waals surface area contributed by atoms with Crippen LogP contribution < -0.4 is 0 Å². The van der Waals surface area contributed by atoms with Crippen LogP contribution in [0.3, 0.4) is 0 Å². The van der Waals surface area contributed by atoms with Gasteiger partial charge in [0.25, 0.3) is 0 Å². The lowest BCUT2D eigenvalue weighted by atomic mass is 9.87. The third kappa shape index (κ3) is 7.35. The molecule has 0 spiro atoms. The van der Waals surface area contributed by atoms with Crippen molar-refractivity contribution in [3.63, 3.8) is 0 Å². The van der Waals surface area contributed by atoms with E-state index in [2.05, 4.69) is 54.5 Å². The van der Waals surface area contributed by atoms with Crippen LogP contribution in [-0.4, -0.2) is 58.8 Å². The first-order valence-corrected chi connectivity index (χ1v) is 13.4. The maximum absolute atomic E-state index is 9.88. The van der Waals surface area contributed by atoms with Gasteiger partial charge in [-0.2, -0.15) is 0 Å². The molecular weight excluding hydrogens is 444 g/mol. The molecule has 1 aliphatic heterocycles. The largest absolute Gasteiger partial charge is 0.508 e. The van der Waals surface area contributed by atoms with Crippen molar-refractivity contribution in [3.8, 4) is 5.75 Å². The summed E-state index contributed by atoms with van der Waals surface area (Å²) in [4.78, 5) is 5.14. The average molecular weight is 489 g/mol. The number of piperazine rings is 1. The molecule has 2 N–H and O–H groups in total. The molecule has 1 saturated heterocycles. The van der Waals surface area contributed by atoms with Crippen molar-refractivity contribution < 1.29 is 10.2 Å². The topological polar surface area (TPSA) is 46.9 Å². The third-order valence-electron chi connectivity index (χ3n) is 7.40. The summed E-state index contributed by atoms with van der Waals surface area (Å²) in [5.41, 5.74) is 6.54. The van der Waals surface area contributed by atoms with Gasteiger partial charge in [-0.3, -0.25) is 4.90 Å². The minimum atomic E-state index is 0.140. The number of benzene rings is 1. The molecule has 4 heteroatoms. The number of rotatable bonds is 11. The van der Waals surface area contributed by atoms with E-state index in [-0.39, 0.29) is 12.4 Å². The first kappa shape index (κ1) is 27.8. The summed E-state index contributed by atoms with van der Waals surface area (Å²) < 4.78 is 0. The molecule has 0 amide bonds. The van der Waals surface area contributed by atoms with Gasteiger partial charge in [-0.25, -0.2) is 0 Å². The Morgan fingerprint density at radius 2 is 1.75 bits per heavy atom. The van der Waals surface area contributed by atoms with Gasteiger partial charge in [0.1, 0.15) is 5.75 Å². The van der Waals surface area contributed by atoms with E-state index in [1.165, 1.54) is 30.5 Å². The van der Waals surface area contributed by atoms with E-state index < -0.39 is 0 Å². The van der Waals surface area contributed by atoms with E-state index >= 15 is 0 Å². The molecule has 0 atom stereocenters. The van der Waals surface area contributed by atoms with Gasteiger partial charge in [0, 0.05) is 44.5 Å². The van der Waals surface area contributed by atoms with Crippen LogP contribution in [0.25, 0.3) is 5.57 Å². The number of hydrogen-bond donors (Lipinski definition) is 2. The standard InChI is InChI=1S/C32H44N2O2/c1-5-7-10-25(3)31(13-9-24-35)32(27-15-18-30(36)19-16-27)26(4)14-17-28(6-2)33-20-22-34(23-21-33)29-11-8-12-29/h5-7,10,14-19,29,35-36H,4,8-9,11-13,20-24H2,1-3H3/b7-5-,17-14-,25-10+,28-6+,32-31+. The highest BCUT2D eigenvalue weighted by Crippen LogP contribution is 2.34. The second kappa shape index (κ2) is 14.1. The predicted octanol–water partition coefficient (Wildman–Crippen LogP) is 6.63. The van der Waals surface area contributed by atoms with Crippen LogP contribution in [0.5, 0.6) is 5.75 Å². The summed E-state index contributed by atoms with van der Waals surface area (Å²) in [6.45, 7) is 15.2. The van der Waals surface area contributed by atoms with E-state index in [9.17, 15) is 10.2 Å². The molecular formula is C32H44N2O2. The molecule has 2 aliphatic rings. The number of hydrogen-bond acceptors (Lipinski definition) is 4. The van der Waals surface area contributed by atoms with Crippen LogP contribution in [0, 0.1) is 0 Å². The van der Waals surface area contributed by atoms with E-state index in [1.807, 2.05) is 31.2 Å². The zero-order chi connectivity index (χ0) is 25.9. The number of phenols is 1. The molecule has 2 fully saturated rings.